The highest BCUT2D eigenvalue weighted by molar-refractivity contribution is 5.30. The Morgan fingerprint density at radius 2 is 1.95 bits per heavy atom. The number of methoxy groups -OCH3 is 1. The molecule has 3 nitrogen and oxygen atoms in total. The molecule has 0 bridgehead atoms. The Morgan fingerprint density at radius 1 is 1.21 bits per heavy atom. The summed E-state index contributed by atoms with van der Waals surface area (Å²) < 4.78 is 11.5. The lowest BCUT2D eigenvalue weighted by Crippen LogP contribution is -2.22. The van der Waals surface area contributed by atoms with E-state index in [1.807, 2.05) is 18.2 Å². The highest BCUT2D eigenvalue weighted by atomic mass is 16.5. The van der Waals surface area contributed by atoms with E-state index in [0.29, 0.717) is 12.6 Å². The minimum absolute atomic E-state index is 0.0156. The van der Waals surface area contributed by atoms with Gasteiger partial charge in [-0.3, -0.25) is 0 Å². The maximum Gasteiger partial charge on any atom is 0.119 e. The van der Waals surface area contributed by atoms with Gasteiger partial charge >= 0.3 is 0 Å². The lowest BCUT2D eigenvalue weighted by molar-refractivity contribution is -0.0161. The summed E-state index contributed by atoms with van der Waals surface area (Å²) in [6.07, 6.45) is 7.92. The molecule has 0 aromatic heterocycles. The fraction of sp³-hybridized carbons (Fsp3) is 0.625. The third-order valence-corrected chi connectivity index (χ3v) is 3.84. The maximum absolute atomic E-state index is 6.23. The highest BCUT2D eigenvalue weighted by Gasteiger charge is 2.19. The van der Waals surface area contributed by atoms with Gasteiger partial charge in [0.25, 0.3) is 0 Å². The summed E-state index contributed by atoms with van der Waals surface area (Å²) in [5.41, 5.74) is 7.00. The van der Waals surface area contributed by atoms with Gasteiger partial charge in [0.15, 0.2) is 0 Å². The molecule has 3 heteroatoms. The van der Waals surface area contributed by atoms with E-state index in [-0.39, 0.29) is 6.10 Å². The molecule has 106 valence electrons. The summed E-state index contributed by atoms with van der Waals surface area (Å²) in [6.45, 7) is 0.518. The molecule has 1 saturated carbocycles. The molecule has 0 amide bonds. The Morgan fingerprint density at radius 3 is 2.58 bits per heavy atom. The lowest BCUT2D eigenvalue weighted by atomic mass is 10.1. The quantitative estimate of drug-likeness (QED) is 0.828. The van der Waals surface area contributed by atoms with Gasteiger partial charge in [-0.15, -0.1) is 0 Å². The molecular weight excluding hydrogens is 238 g/mol. The number of rotatable bonds is 5. The van der Waals surface area contributed by atoms with E-state index in [9.17, 15) is 0 Å². The molecule has 1 aromatic rings. The van der Waals surface area contributed by atoms with Gasteiger partial charge in [0, 0.05) is 6.54 Å². The zero-order chi connectivity index (χ0) is 13.5. The molecule has 0 saturated heterocycles. The molecule has 0 heterocycles. The van der Waals surface area contributed by atoms with Crippen LogP contribution in [0, 0.1) is 0 Å². The minimum atomic E-state index is -0.0156. The van der Waals surface area contributed by atoms with Gasteiger partial charge in [0.1, 0.15) is 5.75 Å². The van der Waals surface area contributed by atoms with Crippen molar-refractivity contribution in [2.45, 2.75) is 50.7 Å². The van der Waals surface area contributed by atoms with E-state index in [2.05, 4.69) is 6.07 Å². The van der Waals surface area contributed by atoms with Crippen molar-refractivity contribution in [3.05, 3.63) is 29.8 Å². The van der Waals surface area contributed by atoms with Crippen molar-refractivity contribution in [2.75, 3.05) is 13.7 Å². The lowest BCUT2D eigenvalue weighted by Gasteiger charge is -2.23. The minimum Gasteiger partial charge on any atom is -0.497 e. The van der Waals surface area contributed by atoms with Crippen LogP contribution in [0.15, 0.2) is 24.3 Å². The first-order valence-corrected chi connectivity index (χ1v) is 7.33. The Bertz CT molecular complexity index is 373. The summed E-state index contributed by atoms with van der Waals surface area (Å²) in [4.78, 5) is 0. The van der Waals surface area contributed by atoms with Crippen LogP contribution in [0.3, 0.4) is 0 Å². The average molecular weight is 263 g/mol. The predicted octanol–water partition coefficient (Wildman–Crippen LogP) is 3.43. The zero-order valence-electron chi connectivity index (χ0n) is 11.8. The van der Waals surface area contributed by atoms with E-state index < -0.39 is 0 Å². The molecule has 1 atom stereocenters. The van der Waals surface area contributed by atoms with Crippen molar-refractivity contribution in [3.8, 4) is 5.75 Å². The molecule has 0 aliphatic heterocycles. The number of nitrogens with two attached hydrogens (primary N) is 1. The standard InChI is InChI=1S/C16H25NO2/c1-18-15-10-6-7-13(11-15)16(12-17)19-14-8-4-2-3-5-9-14/h6-7,10-11,14,16H,2-5,8-9,12,17H2,1H3. The number of hydrogen-bond acceptors (Lipinski definition) is 3. The van der Waals surface area contributed by atoms with Crippen LogP contribution in [0.2, 0.25) is 0 Å². The van der Waals surface area contributed by atoms with Crippen LogP contribution in [0.5, 0.6) is 5.75 Å². The van der Waals surface area contributed by atoms with Crippen LogP contribution in [-0.4, -0.2) is 19.8 Å². The van der Waals surface area contributed by atoms with Gasteiger partial charge in [-0.1, -0.05) is 37.8 Å². The molecule has 2 N–H and O–H groups in total. The van der Waals surface area contributed by atoms with Crippen LogP contribution in [-0.2, 0) is 4.74 Å². The third-order valence-electron chi connectivity index (χ3n) is 3.84. The van der Waals surface area contributed by atoms with Crippen LogP contribution >= 0.6 is 0 Å². The van der Waals surface area contributed by atoms with Crippen LogP contribution < -0.4 is 10.5 Å². The summed E-state index contributed by atoms with van der Waals surface area (Å²) in [5.74, 6) is 0.861. The summed E-state index contributed by atoms with van der Waals surface area (Å²) in [5, 5.41) is 0. The molecule has 1 aliphatic rings. The van der Waals surface area contributed by atoms with Crippen LogP contribution in [0.25, 0.3) is 0 Å². The SMILES string of the molecule is COc1cccc(C(CN)OC2CCCCCC2)c1. The molecule has 1 fully saturated rings. The van der Waals surface area contributed by atoms with Gasteiger partial charge in [-0.25, -0.2) is 0 Å². The normalized spacial score (nSPS) is 18.8. The van der Waals surface area contributed by atoms with E-state index in [1.54, 1.807) is 7.11 Å². The molecule has 2 rings (SSSR count). The van der Waals surface area contributed by atoms with E-state index in [1.165, 1.54) is 38.5 Å². The molecule has 1 aromatic carbocycles. The van der Waals surface area contributed by atoms with Crippen molar-refractivity contribution in [1.82, 2.24) is 0 Å². The van der Waals surface area contributed by atoms with Crippen molar-refractivity contribution in [1.29, 1.82) is 0 Å². The largest absolute Gasteiger partial charge is 0.497 e. The van der Waals surface area contributed by atoms with Crippen LogP contribution in [0.4, 0.5) is 0 Å². The monoisotopic (exact) mass is 263 g/mol. The van der Waals surface area contributed by atoms with Crippen molar-refractivity contribution in [2.24, 2.45) is 5.73 Å². The summed E-state index contributed by atoms with van der Waals surface area (Å²) in [7, 11) is 1.68. The number of ether oxygens (including phenoxy) is 2. The molecule has 0 radical (unpaired) electrons. The number of hydrogen-bond donors (Lipinski definition) is 1. The molecule has 1 unspecified atom stereocenters. The molecule has 19 heavy (non-hydrogen) atoms. The molecule has 1 aliphatic carbocycles. The Hall–Kier alpha value is -1.06. The fourth-order valence-electron chi connectivity index (χ4n) is 2.72. The second kappa shape index (κ2) is 7.51. The van der Waals surface area contributed by atoms with E-state index in [4.69, 9.17) is 15.2 Å². The fourth-order valence-corrected chi connectivity index (χ4v) is 2.72. The van der Waals surface area contributed by atoms with Crippen LogP contribution in [0.1, 0.15) is 50.2 Å². The Balaban J connectivity index is 2.01. The van der Waals surface area contributed by atoms with E-state index >= 15 is 0 Å². The van der Waals surface area contributed by atoms with Crippen molar-refractivity contribution in [3.63, 3.8) is 0 Å². The van der Waals surface area contributed by atoms with Gasteiger partial charge in [0.2, 0.25) is 0 Å². The number of benzene rings is 1. The van der Waals surface area contributed by atoms with Gasteiger partial charge in [0.05, 0.1) is 19.3 Å². The second-order valence-corrected chi connectivity index (χ2v) is 5.25. The third kappa shape index (κ3) is 4.22. The first-order chi connectivity index (χ1) is 9.33. The maximum atomic E-state index is 6.23. The summed E-state index contributed by atoms with van der Waals surface area (Å²) >= 11 is 0. The van der Waals surface area contributed by atoms with Gasteiger partial charge in [-0.2, -0.15) is 0 Å². The zero-order valence-corrected chi connectivity index (χ0v) is 11.8. The Labute approximate surface area is 116 Å². The molecular formula is C16H25NO2. The molecule has 0 spiro atoms. The topological polar surface area (TPSA) is 44.5 Å². The highest BCUT2D eigenvalue weighted by Crippen LogP contribution is 2.27. The van der Waals surface area contributed by atoms with Crippen molar-refractivity contribution < 1.29 is 9.47 Å². The average Bonchev–Trinajstić information content (AvgIpc) is 2.73. The first-order valence-electron chi connectivity index (χ1n) is 7.33. The summed E-state index contributed by atoms with van der Waals surface area (Å²) in [6, 6.07) is 8.03. The van der Waals surface area contributed by atoms with Crippen molar-refractivity contribution >= 4 is 0 Å². The van der Waals surface area contributed by atoms with E-state index in [0.717, 1.165) is 11.3 Å². The Kier molecular flexibility index (Phi) is 5.67. The van der Waals surface area contributed by atoms with Gasteiger partial charge in [-0.05, 0) is 30.5 Å². The predicted molar refractivity (Wildman–Crippen MR) is 77.4 cm³/mol. The first kappa shape index (κ1) is 14.4. The second-order valence-electron chi connectivity index (χ2n) is 5.25. The van der Waals surface area contributed by atoms with Gasteiger partial charge < -0.3 is 15.2 Å². The smallest absolute Gasteiger partial charge is 0.119 e.